The standard InChI is InChI=1S/C21H27NO5/c1-21(2,3)27-20(24)22-14-9-10-15(16(23)11-14)17(22)18-19(26-18)25-12-13-7-5-4-6-8-13/h4-8,14-15,17-19H,9-12H2,1-3H3/t14-,15+,17-,18?,19-/m0/s1. The molecule has 3 saturated heterocycles. The van der Waals surface area contributed by atoms with Crippen molar-refractivity contribution in [3.8, 4) is 0 Å². The molecule has 1 amide bonds. The molecule has 5 rings (SSSR count). The van der Waals surface area contributed by atoms with E-state index in [4.69, 9.17) is 14.2 Å². The molecule has 3 aliphatic heterocycles. The zero-order chi connectivity index (χ0) is 19.2. The monoisotopic (exact) mass is 373 g/mol. The van der Waals surface area contributed by atoms with Crippen LogP contribution in [0.1, 0.15) is 45.6 Å². The molecule has 1 saturated carbocycles. The van der Waals surface area contributed by atoms with Crippen LogP contribution in [0.15, 0.2) is 30.3 Å². The van der Waals surface area contributed by atoms with Crippen molar-refractivity contribution in [1.29, 1.82) is 0 Å². The number of benzene rings is 1. The number of nitrogens with zero attached hydrogens (tertiary/aromatic N) is 1. The Balaban J connectivity index is 1.45. The number of carbonyl (C=O) groups excluding carboxylic acids is 2. The second-order valence-electron chi connectivity index (χ2n) is 8.65. The van der Waals surface area contributed by atoms with Gasteiger partial charge in [-0.1, -0.05) is 30.3 Å². The molecule has 3 heterocycles. The van der Waals surface area contributed by atoms with Crippen LogP contribution in [-0.2, 0) is 25.6 Å². The molecule has 1 aliphatic carbocycles. The lowest BCUT2D eigenvalue weighted by molar-refractivity contribution is -0.137. The second kappa shape index (κ2) is 6.91. The third kappa shape index (κ3) is 3.87. The van der Waals surface area contributed by atoms with Gasteiger partial charge in [-0.25, -0.2) is 4.79 Å². The van der Waals surface area contributed by atoms with Gasteiger partial charge in [-0.2, -0.15) is 0 Å². The van der Waals surface area contributed by atoms with Crippen molar-refractivity contribution in [1.82, 2.24) is 4.90 Å². The predicted molar refractivity (Wildman–Crippen MR) is 97.9 cm³/mol. The van der Waals surface area contributed by atoms with Gasteiger partial charge in [0.25, 0.3) is 0 Å². The number of fused-ring (bicyclic) bond motifs is 3. The number of carbonyl (C=O) groups is 2. The van der Waals surface area contributed by atoms with Gasteiger partial charge in [-0.05, 0) is 39.2 Å². The lowest BCUT2D eigenvalue weighted by atomic mass is 9.72. The normalized spacial score (nSPS) is 32.5. The first kappa shape index (κ1) is 18.4. The van der Waals surface area contributed by atoms with E-state index in [0.29, 0.717) is 13.0 Å². The first-order chi connectivity index (χ1) is 12.8. The van der Waals surface area contributed by atoms with Gasteiger partial charge in [0.2, 0.25) is 0 Å². The number of Topliss-reactive ketones (excluding diaryl/α,β-unsaturated/α-hetero) is 1. The van der Waals surface area contributed by atoms with Crippen molar-refractivity contribution in [2.75, 3.05) is 0 Å². The highest BCUT2D eigenvalue weighted by atomic mass is 16.8. The number of piperidine rings is 2. The molecule has 5 atom stereocenters. The molecular weight excluding hydrogens is 346 g/mol. The smallest absolute Gasteiger partial charge is 0.410 e. The van der Waals surface area contributed by atoms with Crippen LogP contribution < -0.4 is 0 Å². The fraction of sp³-hybridized carbons (Fsp3) is 0.619. The largest absolute Gasteiger partial charge is 0.444 e. The van der Waals surface area contributed by atoms with E-state index in [-0.39, 0.29) is 42.3 Å². The van der Waals surface area contributed by atoms with Crippen LogP contribution in [0.25, 0.3) is 0 Å². The molecule has 0 spiro atoms. The molecule has 1 unspecified atom stereocenters. The number of epoxide rings is 1. The number of amides is 1. The van der Waals surface area contributed by atoms with Crippen molar-refractivity contribution >= 4 is 11.9 Å². The minimum Gasteiger partial charge on any atom is -0.444 e. The Kier molecular flexibility index (Phi) is 4.72. The van der Waals surface area contributed by atoms with Crippen LogP contribution in [0.4, 0.5) is 4.79 Å². The van der Waals surface area contributed by atoms with Gasteiger partial charge in [0, 0.05) is 18.4 Å². The van der Waals surface area contributed by atoms with Gasteiger partial charge < -0.3 is 14.2 Å². The van der Waals surface area contributed by atoms with E-state index in [2.05, 4.69) is 0 Å². The summed E-state index contributed by atoms with van der Waals surface area (Å²) in [6, 6.07) is 9.50. The fourth-order valence-corrected chi connectivity index (χ4v) is 4.26. The van der Waals surface area contributed by atoms with Gasteiger partial charge in [0.05, 0.1) is 12.6 Å². The van der Waals surface area contributed by atoms with Gasteiger partial charge in [0.15, 0.2) is 6.29 Å². The van der Waals surface area contributed by atoms with Gasteiger partial charge in [0.1, 0.15) is 17.5 Å². The van der Waals surface area contributed by atoms with Crippen LogP contribution in [0.3, 0.4) is 0 Å². The maximum Gasteiger partial charge on any atom is 0.410 e. The maximum atomic E-state index is 12.8. The molecule has 0 N–H and O–H groups in total. The summed E-state index contributed by atoms with van der Waals surface area (Å²) in [6.45, 7) is 6.01. The third-order valence-corrected chi connectivity index (χ3v) is 5.47. The summed E-state index contributed by atoms with van der Waals surface area (Å²) in [5.41, 5.74) is 0.493. The van der Waals surface area contributed by atoms with Crippen LogP contribution in [0, 0.1) is 5.92 Å². The van der Waals surface area contributed by atoms with Crippen molar-refractivity contribution in [2.24, 2.45) is 5.92 Å². The van der Waals surface area contributed by atoms with Gasteiger partial charge >= 0.3 is 6.09 Å². The van der Waals surface area contributed by atoms with E-state index in [1.165, 1.54) is 0 Å². The van der Waals surface area contributed by atoms with E-state index < -0.39 is 5.60 Å². The van der Waals surface area contributed by atoms with Crippen molar-refractivity contribution in [3.63, 3.8) is 0 Å². The first-order valence-electron chi connectivity index (χ1n) is 9.68. The summed E-state index contributed by atoms with van der Waals surface area (Å²) in [5, 5.41) is 0. The second-order valence-corrected chi connectivity index (χ2v) is 8.65. The quantitative estimate of drug-likeness (QED) is 0.758. The topological polar surface area (TPSA) is 68.4 Å². The third-order valence-electron chi connectivity index (χ3n) is 5.47. The zero-order valence-corrected chi connectivity index (χ0v) is 16.1. The Morgan fingerprint density at radius 1 is 1.22 bits per heavy atom. The molecular formula is C21H27NO5. The fourth-order valence-electron chi connectivity index (χ4n) is 4.26. The first-order valence-corrected chi connectivity index (χ1v) is 9.68. The van der Waals surface area contributed by atoms with Crippen LogP contribution in [-0.4, -0.2) is 46.9 Å². The van der Waals surface area contributed by atoms with Crippen LogP contribution >= 0.6 is 0 Å². The van der Waals surface area contributed by atoms with Crippen molar-refractivity contribution < 1.29 is 23.8 Å². The van der Waals surface area contributed by atoms with Crippen LogP contribution in [0.2, 0.25) is 0 Å². The molecule has 6 nitrogen and oxygen atoms in total. The molecule has 146 valence electrons. The highest BCUT2D eigenvalue weighted by Gasteiger charge is 2.60. The Bertz CT molecular complexity index is 713. The Morgan fingerprint density at radius 3 is 2.63 bits per heavy atom. The van der Waals surface area contributed by atoms with E-state index in [1.807, 2.05) is 51.1 Å². The minimum atomic E-state index is -0.573. The van der Waals surface area contributed by atoms with Crippen molar-refractivity contribution in [2.45, 2.75) is 76.7 Å². The molecule has 1 aromatic rings. The molecule has 1 aromatic carbocycles. The van der Waals surface area contributed by atoms with Gasteiger partial charge in [-0.15, -0.1) is 0 Å². The molecule has 2 bridgehead atoms. The summed E-state index contributed by atoms with van der Waals surface area (Å²) < 4.78 is 17.2. The maximum absolute atomic E-state index is 12.8. The lowest BCUT2D eigenvalue weighted by Crippen LogP contribution is -2.63. The van der Waals surface area contributed by atoms with E-state index in [1.54, 1.807) is 4.90 Å². The Hall–Kier alpha value is -1.92. The molecule has 0 radical (unpaired) electrons. The number of hydrogen-bond donors (Lipinski definition) is 0. The number of ketones is 1. The summed E-state index contributed by atoms with van der Waals surface area (Å²) >= 11 is 0. The Labute approximate surface area is 159 Å². The summed E-state index contributed by atoms with van der Waals surface area (Å²) in [7, 11) is 0. The Morgan fingerprint density at radius 2 is 1.96 bits per heavy atom. The number of hydrogen-bond acceptors (Lipinski definition) is 5. The van der Waals surface area contributed by atoms with Crippen LogP contribution in [0.5, 0.6) is 0 Å². The molecule has 4 aliphatic rings. The highest BCUT2D eigenvalue weighted by molar-refractivity contribution is 5.86. The van der Waals surface area contributed by atoms with E-state index >= 15 is 0 Å². The lowest BCUT2D eigenvalue weighted by Gasteiger charge is -2.49. The SMILES string of the molecule is CC(C)(C)OC(=O)N1[C@H]2CC[C@H](C(=O)C2)[C@H]1C1O[C@@H]1OCc1ccccc1. The van der Waals surface area contributed by atoms with Crippen molar-refractivity contribution in [3.05, 3.63) is 35.9 Å². The number of ether oxygens (including phenoxy) is 3. The summed E-state index contributed by atoms with van der Waals surface area (Å²) in [6.07, 6.45) is 1.06. The van der Waals surface area contributed by atoms with E-state index in [9.17, 15) is 9.59 Å². The molecule has 27 heavy (non-hydrogen) atoms. The molecule has 4 fully saturated rings. The number of rotatable bonds is 4. The van der Waals surface area contributed by atoms with Gasteiger partial charge in [-0.3, -0.25) is 9.69 Å². The molecule has 6 heteroatoms. The summed E-state index contributed by atoms with van der Waals surface area (Å²) in [4.78, 5) is 27.1. The summed E-state index contributed by atoms with van der Waals surface area (Å²) in [5.74, 6) is 0.0474. The molecule has 0 aromatic heterocycles. The van der Waals surface area contributed by atoms with E-state index in [0.717, 1.165) is 18.4 Å². The minimum absolute atomic E-state index is 0.0960. The predicted octanol–water partition coefficient (Wildman–Crippen LogP) is 3.29. The zero-order valence-electron chi connectivity index (χ0n) is 16.1. The highest BCUT2D eigenvalue weighted by Crippen LogP contribution is 2.45. The average Bonchev–Trinajstić information content (AvgIpc) is 3.38. The average molecular weight is 373 g/mol.